The third kappa shape index (κ3) is 3.76. The Hall–Kier alpha value is -3.15. The van der Waals surface area contributed by atoms with Crippen molar-refractivity contribution in [2.75, 3.05) is 19.0 Å². The third-order valence-corrected chi connectivity index (χ3v) is 5.28. The molecule has 0 unspecified atom stereocenters. The molecular weight excluding hydrogens is 356 g/mol. The molecule has 2 amide bonds. The molecule has 2 aliphatic rings. The maximum Gasteiger partial charge on any atom is 0.337 e. The van der Waals surface area contributed by atoms with E-state index in [1.54, 1.807) is 24.3 Å². The molecule has 0 aromatic heterocycles. The second-order valence-electron chi connectivity index (χ2n) is 7.29. The average Bonchev–Trinajstić information content (AvgIpc) is 3.57. The second kappa shape index (κ2) is 7.46. The number of nitrogens with one attached hydrogen (secondary N) is 1. The van der Waals surface area contributed by atoms with Gasteiger partial charge in [0.25, 0.3) is 5.91 Å². The highest BCUT2D eigenvalue weighted by Crippen LogP contribution is 2.33. The molecule has 144 valence electrons. The van der Waals surface area contributed by atoms with Crippen molar-refractivity contribution in [2.45, 2.75) is 25.8 Å². The molecule has 4 rings (SSSR count). The zero-order valence-corrected chi connectivity index (χ0v) is 15.7. The van der Waals surface area contributed by atoms with E-state index < -0.39 is 5.97 Å². The van der Waals surface area contributed by atoms with Crippen LogP contribution < -0.4 is 5.32 Å². The number of fused-ring (bicyclic) bond motifs is 1. The van der Waals surface area contributed by atoms with E-state index in [-0.39, 0.29) is 17.7 Å². The number of carbonyl (C=O) groups excluding carboxylic acids is 3. The van der Waals surface area contributed by atoms with E-state index in [1.165, 1.54) is 12.7 Å². The Morgan fingerprint density at radius 1 is 1.00 bits per heavy atom. The molecule has 2 aromatic rings. The summed E-state index contributed by atoms with van der Waals surface area (Å²) < 4.78 is 4.66. The van der Waals surface area contributed by atoms with Gasteiger partial charge in [-0.3, -0.25) is 9.59 Å². The van der Waals surface area contributed by atoms with Crippen LogP contribution in [0.4, 0.5) is 5.69 Å². The number of benzene rings is 2. The highest BCUT2D eigenvalue weighted by Gasteiger charge is 2.34. The van der Waals surface area contributed by atoms with Crippen LogP contribution in [0.2, 0.25) is 0 Å². The minimum atomic E-state index is -0.438. The fraction of sp³-hybridized carbons (Fsp3) is 0.318. The normalized spacial score (nSPS) is 15.5. The second-order valence-corrected chi connectivity index (χ2v) is 7.29. The molecule has 1 heterocycles. The van der Waals surface area contributed by atoms with Crippen LogP contribution in [0.1, 0.15) is 44.7 Å². The number of methoxy groups -OCH3 is 1. The van der Waals surface area contributed by atoms with Gasteiger partial charge in [0.15, 0.2) is 0 Å². The molecule has 2 aromatic carbocycles. The fourth-order valence-corrected chi connectivity index (χ4v) is 3.49. The first kappa shape index (κ1) is 18.2. The van der Waals surface area contributed by atoms with Crippen LogP contribution in [0.15, 0.2) is 42.5 Å². The van der Waals surface area contributed by atoms with Gasteiger partial charge in [0.1, 0.15) is 0 Å². The Morgan fingerprint density at radius 3 is 2.39 bits per heavy atom. The first-order valence-corrected chi connectivity index (χ1v) is 9.45. The Bertz CT molecular complexity index is 932. The average molecular weight is 378 g/mol. The lowest BCUT2D eigenvalue weighted by atomic mass is 9.98. The van der Waals surface area contributed by atoms with E-state index >= 15 is 0 Å². The smallest absolute Gasteiger partial charge is 0.337 e. The van der Waals surface area contributed by atoms with E-state index in [2.05, 4.69) is 10.1 Å². The zero-order valence-electron chi connectivity index (χ0n) is 15.7. The van der Waals surface area contributed by atoms with Gasteiger partial charge in [-0.1, -0.05) is 6.07 Å². The van der Waals surface area contributed by atoms with Crippen molar-refractivity contribution in [3.63, 3.8) is 0 Å². The van der Waals surface area contributed by atoms with Gasteiger partial charge in [0.05, 0.1) is 12.7 Å². The first-order chi connectivity index (χ1) is 13.5. The predicted octanol–water partition coefficient (Wildman–Crippen LogP) is 3.02. The largest absolute Gasteiger partial charge is 0.465 e. The summed E-state index contributed by atoms with van der Waals surface area (Å²) in [6.45, 7) is 1.36. The molecule has 1 aliphatic heterocycles. The Kier molecular flexibility index (Phi) is 4.86. The van der Waals surface area contributed by atoms with Gasteiger partial charge in [-0.2, -0.15) is 0 Å². The lowest BCUT2D eigenvalue weighted by Gasteiger charge is -2.29. The molecule has 0 atom stereocenters. The minimum Gasteiger partial charge on any atom is -0.465 e. The lowest BCUT2D eigenvalue weighted by Crippen LogP contribution is -2.36. The van der Waals surface area contributed by atoms with Crippen molar-refractivity contribution in [1.29, 1.82) is 0 Å². The summed E-state index contributed by atoms with van der Waals surface area (Å²) in [5.74, 6) is -0.215. The first-order valence-electron chi connectivity index (χ1n) is 9.45. The van der Waals surface area contributed by atoms with Crippen molar-refractivity contribution in [2.24, 2.45) is 5.92 Å². The monoisotopic (exact) mass is 378 g/mol. The van der Waals surface area contributed by atoms with E-state index in [1.807, 2.05) is 23.1 Å². The summed E-state index contributed by atoms with van der Waals surface area (Å²) in [6.07, 6.45) is 2.86. The Balaban J connectivity index is 1.45. The topological polar surface area (TPSA) is 75.7 Å². The molecular formula is C22H22N2O4. The molecule has 1 saturated carbocycles. The number of ether oxygens (including phenoxy) is 1. The van der Waals surface area contributed by atoms with Crippen LogP contribution in [0.5, 0.6) is 0 Å². The minimum absolute atomic E-state index is 0.220. The number of carbonyl (C=O) groups is 3. The van der Waals surface area contributed by atoms with Crippen LogP contribution >= 0.6 is 0 Å². The Labute approximate surface area is 163 Å². The van der Waals surface area contributed by atoms with Crippen LogP contribution in [0.3, 0.4) is 0 Å². The molecule has 1 fully saturated rings. The number of hydrogen-bond donors (Lipinski definition) is 1. The molecule has 0 spiro atoms. The van der Waals surface area contributed by atoms with E-state index in [9.17, 15) is 14.4 Å². The lowest BCUT2D eigenvalue weighted by molar-refractivity contribution is -0.133. The van der Waals surface area contributed by atoms with Crippen LogP contribution in [-0.4, -0.2) is 36.3 Å². The van der Waals surface area contributed by atoms with Crippen molar-refractivity contribution in [1.82, 2.24) is 4.90 Å². The molecule has 0 radical (unpaired) electrons. The third-order valence-electron chi connectivity index (χ3n) is 5.28. The zero-order chi connectivity index (χ0) is 19.7. The standard InChI is InChI=1S/C22H22N2O4/c1-28-22(27)17-6-2-15(3-7-17)20(25)23-19-9-8-14-10-11-24(13-18(14)12-19)21(26)16-4-5-16/h2-3,6-9,12,16H,4-5,10-11,13H2,1H3,(H,23,25). The highest BCUT2D eigenvalue weighted by atomic mass is 16.5. The van der Waals surface area contributed by atoms with E-state index in [0.717, 1.165) is 31.4 Å². The van der Waals surface area contributed by atoms with Crippen molar-refractivity contribution >= 4 is 23.5 Å². The molecule has 6 nitrogen and oxygen atoms in total. The van der Waals surface area contributed by atoms with Crippen molar-refractivity contribution in [3.8, 4) is 0 Å². The van der Waals surface area contributed by atoms with Gasteiger partial charge >= 0.3 is 5.97 Å². The number of nitrogens with zero attached hydrogens (tertiary/aromatic N) is 1. The fourth-order valence-electron chi connectivity index (χ4n) is 3.49. The molecule has 0 bridgehead atoms. The molecule has 6 heteroatoms. The summed E-state index contributed by atoms with van der Waals surface area (Å²) in [5, 5.41) is 2.89. The summed E-state index contributed by atoms with van der Waals surface area (Å²) in [6, 6.07) is 12.2. The van der Waals surface area contributed by atoms with Crippen molar-refractivity contribution in [3.05, 3.63) is 64.7 Å². The number of hydrogen-bond acceptors (Lipinski definition) is 4. The maximum atomic E-state index is 12.5. The van der Waals surface area contributed by atoms with Gasteiger partial charge in [-0.25, -0.2) is 4.79 Å². The number of esters is 1. The summed E-state index contributed by atoms with van der Waals surface area (Å²) >= 11 is 0. The quantitative estimate of drug-likeness (QED) is 0.830. The Morgan fingerprint density at radius 2 is 1.71 bits per heavy atom. The SMILES string of the molecule is COC(=O)c1ccc(C(=O)Nc2ccc3c(c2)CN(C(=O)C2CC2)CC3)cc1. The maximum absolute atomic E-state index is 12.5. The van der Waals surface area contributed by atoms with Gasteiger partial charge in [0.2, 0.25) is 5.91 Å². The van der Waals surface area contributed by atoms with E-state index in [0.29, 0.717) is 23.4 Å². The summed E-state index contributed by atoms with van der Waals surface area (Å²) in [4.78, 5) is 38.3. The number of amides is 2. The van der Waals surface area contributed by atoms with Gasteiger partial charge in [0, 0.05) is 30.3 Å². The number of anilines is 1. The van der Waals surface area contributed by atoms with Crippen LogP contribution in [0.25, 0.3) is 0 Å². The predicted molar refractivity (Wildman–Crippen MR) is 104 cm³/mol. The van der Waals surface area contributed by atoms with Crippen molar-refractivity contribution < 1.29 is 19.1 Å². The van der Waals surface area contributed by atoms with Gasteiger partial charge in [-0.05, 0) is 66.8 Å². The molecule has 1 aliphatic carbocycles. The highest BCUT2D eigenvalue weighted by molar-refractivity contribution is 6.04. The molecule has 1 N–H and O–H groups in total. The molecule has 0 saturated heterocycles. The molecule has 28 heavy (non-hydrogen) atoms. The summed E-state index contributed by atoms with van der Waals surface area (Å²) in [5.41, 5.74) is 3.85. The van der Waals surface area contributed by atoms with Crippen LogP contribution in [0, 0.1) is 5.92 Å². The van der Waals surface area contributed by atoms with E-state index in [4.69, 9.17) is 0 Å². The van der Waals surface area contributed by atoms with Crippen LogP contribution in [-0.2, 0) is 22.5 Å². The van der Waals surface area contributed by atoms with Gasteiger partial charge < -0.3 is 15.0 Å². The number of rotatable bonds is 4. The van der Waals surface area contributed by atoms with Gasteiger partial charge in [-0.15, -0.1) is 0 Å². The summed E-state index contributed by atoms with van der Waals surface area (Å²) in [7, 11) is 1.32.